The van der Waals surface area contributed by atoms with Gasteiger partial charge in [0.05, 0.1) is 26.7 Å². The molecular weight excluding hydrogens is 530 g/mol. The zero-order chi connectivity index (χ0) is 26.2. The Morgan fingerprint density at radius 3 is 2.68 bits per heavy atom. The molecule has 0 spiro atoms. The Kier molecular flexibility index (Phi) is 6.87. The number of hydrogen-bond donors (Lipinski definition) is 2. The average molecular weight is 550 g/mol. The molecule has 1 aliphatic rings. The molecule has 0 bridgehead atoms. The molecule has 0 saturated carbocycles. The summed E-state index contributed by atoms with van der Waals surface area (Å²) in [6.45, 7) is 1.36. The quantitative estimate of drug-likeness (QED) is 0.286. The zero-order valence-electron chi connectivity index (χ0n) is 19.1. The van der Waals surface area contributed by atoms with Crippen LogP contribution in [0.1, 0.15) is 34.7 Å². The van der Waals surface area contributed by atoms with Gasteiger partial charge in [0.2, 0.25) is 0 Å². The topological polar surface area (TPSA) is 83.1 Å². The van der Waals surface area contributed by atoms with Crippen molar-refractivity contribution >= 4 is 51.6 Å². The van der Waals surface area contributed by atoms with Crippen molar-refractivity contribution < 1.29 is 22.7 Å². The Balaban J connectivity index is 1.45. The van der Waals surface area contributed by atoms with Gasteiger partial charge in [0, 0.05) is 25.2 Å². The number of H-pyrrole nitrogens is 1. The zero-order valence-corrected chi connectivity index (χ0v) is 20.7. The van der Waals surface area contributed by atoms with Crippen LogP contribution in [0.5, 0.6) is 5.75 Å². The van der Waals surface area contributed by atoms with Gasteiger partial charge < -0.3 is 19.9 Å². The minimum atomic E-state index is -4.94. The van der Waals surface area contributed by atoms with E-state index in [2.05, 4.69) is 29.9 Å². The van der Waals surface area contributed by atoms with E-state index in [9.17, 15) is 18.0 Å². The summed E-state index contributed by atoms with van der Waals surface area (Å²) in [6.07, 6.45) is -0.00260. The van der Waals surface area contributed by atoms with E-state index < -0.39 is 18.0 Å². The monoisotopic (exact) mass is 549 g/mol. The Morgan fingerprint density at radius 1 is 1.14 bits per heavy atom. The van der Waals surface area contributed by atoms with Crippen molar-refractivity contribution in [1.29, 1.82) is 0 Å². The number of aromatic nitrogens is 3. The maximum atomic E-state index is 13.1. The summed E-state index contributed by atoms with van der Waals surface area (Å²) in [4.78, 5) is 26.9. The predicted molar refractivity (Wildman–Crippen MR) is 136 cm³/mol. The summed E-state index contributed by atoms with van der Waals surface area (Å²) in [6, 6.07) is 10.7. The van der Waals surface area contributed by atoms with Crippen LogP contribution in [0.4, 0.5) is 24.7 Å². The minimum absolute atomic E-state index is 0.0304. The summed E-state index contributed by atoms with van der Waals surface area (Å²) < 4.78 is 43.5. The number of amides is 1. The normalized spacial score (nSPS) is 16.1. The number of carbonyl (C=O) groups is 1. The van der Waals surface area contributed by atoms with Crippen molar-refractivity contribution in [3.05, 3.63) is 76.2 Å². The van der Waals surface area contributed by atoms with Crippen LogP contribution >= 0.6 is 23.2 Å². The molecule has 5 rings (SSSR count). The molecule has 4 aromatic rings. The number of nitrogens with one attached hydrogen (secondary N) is 2. The molecule has 0 radical (unpaired) electrons. The second kappa shape index (κ2) is 10.1. The number of ether oxygens (including phenoxy) is 1. The second-order valence-corrected chi connectivity index (χ2v) is 9.39. The van der Waals surface area contributed by atoms with E-state index in [1.54, 1.807) is 18.3 Å². The van der Waals surface area contributed by atoms with E-state index in [0.29, 0.717) is 6.54 Å². The first kappa shape index (κ1) is 25.2. The molecule has 2 aromatic carbocycles. The number of aromatic amines is 1. The molecular formula is C25H20Cl2F3N5O2. The van der Waals surface area contributed by atoms with E-state index in [-0.39, 0.29) is 27.2 Å². The van der Waals surface area contributed by atoms with Crippen molar-refractivity contribution in [3.63, 3.8) is 0 Å². The van der Waals surface area contributed by atoms with Gasteiger partial charge in [0.15, 0.2) is 5.75 Å². The van der Waals surface area contributed by atoms with Gasteiger partial charge in [0.25, 0.3) is 5.91 Å². The molecule has 192 valence electrons. The van der Waals surface area contributed by atoms with Crippen molar-refractivity contribution in [3.8, 4) is 5.75 Å². The standard InChI is InChI=1S/C25H20Cl2F3N5O2/c26-17-4-1-5-18(27)21(17)24(36)34-19-11-14(6-7-20(19)37-25(28,29)30)15-3-2-10-35(12-15)23-16-8-9-31-22(16)32-13-33-23/h1,4-9,11,13,15H,2-3,10,12H2,(H,34,36)(H,31,32,33). The van der Waals surface area contributed by atoms with Gasteiger partial charge in [0.1, 0.15) is 17.8 Å². The fourth-order valence-electron chi connectivity index (χ4n) is 4.56. The number of carbonyl (C=O) groups excluding carboxylic acids is 1. The average Bonchev–Trinajstić information content (AvgIpc) is 3.33. The van der Waals surface area contributed by atoms with Crippen LogP contribution in [-0.4, -0.2) is 40.3 Å². The number of piperidine rings is 1. The number of anilines is 2. The van der Waals surface area contributed by atoms with Crippen molar-refractivity contribution in [2.75, 3.05) is 23.3 Å². The fraction of sp³-hybridized carbons (Fsp3) is 0.240. The molecule has 1 fully saturated rings. The van der Waals surface area contributed by atoms with Gasteiger partial charge in [-0.15, -0.1) is 13.2 Å². The van der Waals surface area contributed by atoms with Gasteiger partial charge in [-0.2, -0.15) is 0 Å². The van der Waals surface area contributed by atoms with Crippen molar-refractivity contribution in [2.24, 2.45) is 0 Å². The summed E-state index contributed by atoms with van der Waals surface area (Å²) >= 11 is 12.2. The van der Waals surface area contributed by atoms with Gasteiger partial charge in [-0.25, -0.2) is 9.97 Å². The van der Waals surface area contributed by atoms with Crippen LogP contribution in [0.15, 0.2) is 55.0 Å². The molecule has 3 heterocycles. The highest BCUT2D eigenvalue weighted by Crippen LogP contribution is 2.38. The summed E-state index contributed by atoms with van der Waals surface area (Å²) in [7, 11) is 0. The molecule has 1 unspecified atom stereocenters. The third-order valence-electron chi connectivity index (χ3n) is 6.19. The first-order valence-electron chi connectivity index (χ1n) is 11.4. The molecule has 0 aliphatic carbocycles. The predicted octanol–water partition coefficient (Wildman–Crippen LogP) is 6.80. The van der Waals surface area contributed by atoms with Crippen molar-refractivity contribution in [2.45, 2.75) is 25.1 Å². The first-order valence-corrected chi connectivity index (χ1v) is 12.1. The maximum absolute atomic E-state index is 13.1. The van der Waals surface area contributed by atoms with Gasteiger partial charge in [-0.3, -0.25) is 4.79 Å². The summed E-state index contributed by atoms with van der Waals surface area (Å²) in [5.41, 5.74) is 1.29. The van der Waals surface area contributed by atoms with Crippen LogP contribution in [0.2, 0.25) is 10.0 Å². The highest BCUT2D eigenvalue weighted by Gasteiger charge is 2.33. The van der Waals surface area contributed by atoms with E-state index in [4.69, 9.17) is 23.2 Å². The molecule has 2 aromatic heterocycles. The lowest BCUT2D eigenvalue weighted by Gasteiger charge is -2.34. The Bertz CT molecular complexity index is 1440. The summed E-state index contributed by atoms with van der Waals surface area (Å²) in [5.74, 6) is -0.529. The van der Waals surface area contributed by atoms with Gasteiger partial charge in [-0.1, -0.05) is 35.3 Å². The van der Waals surface area contributed by atoms with E-state index >= 15 is 0 Å². The largest absolute Gasteiger partial charge is 0.573 e. The smallest absolute Gasteiger partial charge is 0.404 e. The first-order chi connectivity index (χ1) is 17.7. The lowest BCUT2D eigenvalue weighted by Crippen LogP contribution is -2.35. The molecule has 12 heteroatoms. The number of fused-ring (bicyclic) bond motifs is 1. The fourth-order valence-corrected chi connectivity index (χ4v) is 5.13. The second-order valence-electron chi connectivity index (χ2n) is 8.58. The summed E-state index contributed by atoms with van der Waals surface area (Å²) in [5, 5.41) is 3.54. The molecule has 1 amide bonds. The number of rotatable bonds is 5. The van der Waals surface area contributed by atoms with Crippen LogP contribution in [-0.2, 0) is 0 Å². The number of nitrogens with zero attached hydrogens (tertiary/aromatic N) is 3. The molecule has 37 heavy (non-hydrogen) atoms. The lowest BCUT2D eigenvalue weighted by atomic mass is 9.90. The SMILES string of the molecule is O=C(Nc1cc(C2CCCN(c3ncnc4[nH]ccc34)C2)ccc1OC(F)(F)F)c1c(Cl)cccc1Cl. The molecule has 7 nitrogen and oxygen atoms in total. The molecule has 1 aliphatic heterocycles. The number of alkyl halides is 3. The molecule has 2 N–H and O–H groups in total. The van der Waals surface area contributed by atoms with E-state index in [1.807, 2.05) is 6.07 Å². The third-order valence-corrected chi connectivity index (χ3v) is 6.82. The third kappa shape index (κ3) is 5.45. The Labute approximate surface area is 219 Å². The van der Waals surface area contributed by atoms with Crippen LogP contribution in [0.25, 0.3) is 11.0 Å². The highest BCUT2D eigenvalue weighted by molar-refractivity contribution is 6.40. The van der Waals surface area contributed by atoms with E-state index in [1.165, 1.54) is 30.6 Å². The van der Waals surface area contributed by atoms with Crippen molar-refractivity contribution in [1.82, 2.24) is 15.0 Å². The van der Waals surface area contributed by atoms with Gasteiger partial charge >= 0.3 is 6.36 Å². The lowest BCUT2D eigenvalue weighted by molar-refractivity contribution is -0.274. The van der Waals surface area contributed by atoms with E-state index in [0.717, 1.165) is 41.8 Å². The van der Waals surface area contributed by atoms with Crippen LogP contribution in [0.3, 0.4) is 0 Å². The Hall–Kier alpha value is -3.50. The Morgan fingerprint density at radius 2 is 1.92 bits per heavy atom. The molecule has 1 atom stereocenters. The number of hydrogen-bond acceptors (Lipinski definition) is 5. The van der Waals surface area contributed by atoms with Gasteiger partial charge in [-0.05, 0) is 48.7 Å². The molecule has 1 saturated heterocycles. The van der Waals surface area contributed by atoms with Crippen LogP contribution < -0.4 is 15.0 Å². The minimum Gasteiger partial charge on any atom is -0.404 e. The van der Waals surface area contributed by atoms with Crippen LogP contribution in [0, 0.1) is 0 Å². The number of benzene rings is 2. The number of halogens is 5. The maximum Gasteiger partial charge on any atom is 0.573 e. The highest BCUT2D eigenvalue weighted by atomic mass is 35.5.